The standard InChI is InChI=1S/C27H31N3O3S2/c1-26(2,3)17-12-16(13-18(21(17)31)27(4,5)6)20(22-23(32)30-25(33)35-22)29-24-28-19(14-34-24)15-10-8-7-9-11-15/h7-14,20,22,31H,1-6H3,(H,28,29)(H,30,32,33). The number of thiazole rings is 1. The number of hydrogen-bond acceptors (Lipinski definition) is 7. The molecular weight excluding hydrogens is 478 g/mol. The number of imide groups is 1. The number of carbonyl (C=O) groups excluding carboxylic acids is 2. The molecule has 2 atom stereocenters. The molecule has 1 aromatic heterocycles. The van der Waals surface area contributed by atoms with Crippen LogP contribution < -0.4 is 10.6 Å². The number of benzene rings is 2. The molecule has 2 heterocycles. The third-order valence-corrected chi connectivity index (χ3v) is 7.81. The predicted molar refractivity (Wildman–Crippen MR) is 144 cm³/mol. The van der Waals surface area contributed by atoms with Crippen LogP contribution in [0.25, 0.3) is 11.3 Å². The summed E-state index contributed by atoms with van der Waals surface area (Å²) in [6.07, 6.45) is 0. The molecule has 8 heteroatoms. The minimum atomic E-state index is -0.670. The fourth-order valence-corrected chi connectivity index (χ4v) is 5.79. The van der Waals surface area contributed by atoms with Gasteiger partial charge >= 0.3 is 0 Å². The quantitative estimate of drug-likeness (QED) is 0.358. The monoisotopic (exact) mass is 509 g/mol. The molecule has 2 amide bonds. The Labute approximate surface area is 214 Å². The summed E-state index contributed by atoms with van der Waals surface area (Å²) in [7, 11) is 0. The summed E-state index contributed by atoms with van der Waals surface area (Å²) >= 11 is 2.44. The summed E-state index contributed by atoms with van der Waals surface area (Å²) in [6.45, 7) is 12.3. The zero-order valence-corrected chi connectivity index (χ0v) is 22.4. The molecule has 1 fully saturated rings. The van der Waals surface area contributed by atoms with Gasteiger partial charge in [-0.15, -0.1) is 11.3 Å². The van der Waals surface area contributed by atoms with Crippen molar-refractivity contribution in [3.05, 3.63) is 64.5 Å². The van der Waals surface area contributed by atoms with E-state index in [0.717, 1.165) is 39.7 Å². The van der Waals surface area contributed by atoms with Crippen LogP contribution in [-0.2, 0) is 15.6 Å². The van der Waals surface area contributed by atoms with Crippen LogP contribution in [0.1, 0.15) is 64.3 Å². The Hall–Kier alpha value is -2.84. The van der Waals surface area contributed by atoms with Gasteiger partial charge in [-0.3, -0.25) is 14.9 Å². The smallest absolute Gasteiger partial charge is 0.286 e. The molecular formula is C27H31N3O3S2. The first-order valence-electron chi connectivity index (χ1n) is 11.5. The third-order valence-electron chi connectivity index (χ3n) is 5.98. The lowest BCUT2D eigenvalue weighted by molar-refractivity contribution is -0.119. The van der Waals surface area contributed by atoms with Crippen molar-refractivity contribution >= 4 is 39.4 Å². The molecule has 0 saturated carbocycles. The fraction of sp³-hybridized carbons (Fsp3) is 0.370. The zero-order chi connectivity index (χ0) is 25.5. The normalized spacial score (nSPS) is 17.4. The maximum absolute atomic E-state index is 12.8. The fourth-order valence-electron chi connectivity index (χ4n) is 4.12. The van der Waals surface area contributed by atoms with Crippen molar-refractivity contribution in [1.29, 1.82) is 0 Å². The topological polar surface area (TPSA) is 91.3 Å². The van der Waals surface area contributed by atoms with Crippen LogP contribution in [0.4, 0.5) is 9.93 Å². The van der Waals surface area contributed by atoms with Gasteiger partial charge in [0.25, 0.3) is 5.24 Å². The van der Waals surface area contributed by atoms with E-state index < -0.39 is 11.3 Å². The molecule has 2 aromatic carbocycles. The minimum Gasteiger partial charge on any atom is -0.507 e. The number of nitrogens with zero attached hydrogens (tertiary/aromatic N) is 1. The van der Waals surface area contributed by atoms with Crippen LogP contribution in [0.3, 0.4) is 0 Å². The van der Waals surface area contributed by atoms with E-state index in [2.05, 4.69) is 10.6 Å². The summed E-state index contributed by atoms with van der Waals surface area (Å²) in [5, 5.41) is 18.6. The van der Waals surface area contributed by atoms with E-state index >= 15 is 0 Å². The molecule has 1 saturated heterocycles. The van der Waals surface area contributed by atoms with Gasteiger partial charge in [-0.05, 0) is 51.4 Å². The van der Waals surface area contributed by atoms with Crippen LogP contribution in [0.2, 0.25) is 0 Å². The second-order valence-electron chi connectivity index (χ2n) is 10.8. The Morgan fingerprint density at radius 3 is 2.11 bits per heavy atom. The molecule has 35 heavy (non-hydrogen) atoms. The number of thioether (sulfide) groups is 1. The largest absolute Gasteiger partial charge is 0.507 e. The van der Waals surface area contributed by atoms with E-state index in [9.17, 15) is 14.7 Å². The lowest BCUT2D eigenvalue weighted by atomic mass is 9.77. The highest BCUT2D eigenvalue weighted by molar-refractivity contribution is 8.15. The molecule has 0 radical (unpaired) electrons. The number of aromatic nitrogens is 1. The summed E-state index contributed by atoms with van der Waals surface area (Å²) in [5.41, 5.74) is 3.62. The van der Waals surface area contributed by atoms with E-state index in [4.69, 9.17) is 4.98 Å². The summed E-state index contributed by atoms with van der Waals surface area (Å²) in [5.74, 6) is -0.0623. The molecule has 0 spiro atoms. The SMILES string of the molecule is CC(C)(C)c1cc(C(Nc2nc(-c3ccccc3)cs2)C2SC(=O)NC2=O)cc(C(C)(C)C)c1O. The highest BCUT2D eigenvalue weighted by atomic mass is 32.2. The Morgan fingerprint density at radius 1 is 1.00 bits per heavy atom. The molecule has 3 aromatic rings. The van der Waals surface area contributed by atoms with Crippen LogP contribution in [0, 0.1) is 0 Å². The summed E-state index contributed by atoms with van der Waals surface area (Å²) in [6, 6.07) is 13.3. The average molecular weight is 510 g/mol. The van der Waals surface area contributed by atoms with Crippen LogP contribution in [0.15, 0.2) is 47.8 Å². The van der Waals surface area contributed by atoms with Gasteiger partial charge in [0.2, 0.25) is 5.91 Å². The predicted octanol–water partition coefficient (Wildman–Crippen LogP) is 6.62. The third kappa shape index (κ3) is 5.38. The summed E-state index contributed by atoms with van der Waals surface area (Å²) in [4.78, 5) is 29.6. The van der Waals surface area contributed by atoms with Crippen LogP contribution in [0.5, 0.6) is 5.75 Å². The lowest BCUT2D eigenvalue weighted by Gasteiger charge is -2.31. The minimum absolute atomic E-state index is 0.271. The maximum Gasteiger partial charge on any atom is 0.286 e. The van der Waals surface area contributed by atoms with Gasteiger partial charge in [-0.1, -0.05) is 71.9 Å². The van der Waals surface area contributed by atoms with Crippen molar-refractivity contribution in [1.82, 2.24) is 10.3 Å². The van der Waals surface area contributed by atoms with Crippen molar-refractivity contribution in [2.24, 2.45) is 0 Å². The highest BCUT2D eigenvalue weighted by Gasteiger charge is 2.40. The zero-order valence-electron chi connectivity index (χ0n) is 20.8. The first-order chi connectivity index (χ1) is 16.3. The molecule has 1 aliphatic heterocycles. The molecule has 184 valence electrons. The molecule has 4 rings (SSSR count). The highest BCUT2D eigenvalue weighted by Crippen LogP contribution is 2.43. The van der Waals surface area contributed by atoms with E-state index in [-0.39, 0.29) is 27.7 Å². The number of hydrogen-bond donors (Lipinski definition) is 3. The van der Waals surface area contributed by atoms with Gasteiger partial charge in [-0.25, -0.2) is 4.98 Å². The van der Waals surface area contributed by atoms with Crippen LogP contribution in [-0.4, -0.2) is 26.5 Å². The van der Waals surface area contributed by atoms with Crippen LogP contribution >= 0.6 is 23.1 Å². The number of carbonyl (C=O) groups is 2. The number of rotatable bonds is 5. The van der Waals surface area contributed by atoms with Gasteiger partial charge in [-0.2, -0.15) is 0 Å². The summed E-state index contributed by atoms with van der Waals surface area (Å²) < 4.78 is 0. The van der Waals surface area contributed by atoms with E-state index in [1.165, 1.54) is 11.3 Å². The van der Waals surface area contributed by atoms with Gasteiger partial charge in [0.1, 0.15) is 11.0 Å². The number of nitrogens with one attached hydrogen (secondary N) is 2. The number of phenols is 1. The molecule has 0 bridgehead atoms. The number of anilines is 1. The lowest BCUT2D eigenvalue weighted by Crippen LogP contribution is -2.32. The van der Waals surface area contributed by atoms with Gasteiger partial charge in [0, 0.05) is 10.9 Å². The molecule has 0 aliphatic carbocycles. The van der Waals surface area contributed by atoms with Crippen molar-refractivity contribution < 1.29 is 14.7 Å². The van der Waals surface area contributed by atoms with E-state index in [1.54, 1.807) is 0 Å². The van der Waals surface area contributed by atoms with Crippen molar-refractivity contribution in [2.45, 2.75) is 63.7 Å². The molecule has 3 N–H and O–H groups in total. The first kappa shape index (κ1) is 25.3. The van der Waals surface area contributed by atoms with Crippen molar-refractivity contribution in [3.63, 3.8) is 0 Å². The second-order valence-corrected chi connectivity index (χ2v) is 12.8. The first-order valence-corrected chi connectivity index (χ1v) is 13.3. The number of phenolic OH excluding ortho intramolecular Hbond substituents is 1. The van der Waals surface area contributed by atoms with Crippen molar-refractivity contribution in [3.8, 4) is 17.0 Å². The Kier molecular flexibility index (Phi) is 6.72. The molecule has 2 unspecified atom stereocenters. The second kappa shape index (κ2) is 9.32. The number of amides is 2. The van der Waals surface area contributed by atoms with Gasteiger partial charge < -0.3 is 10.4 Å². The number of aromatic hydroxyl groups is 1. The average Bonchev–Trinajstić information content (AvgIpc) is 3.37. The Morgan fingerprint density at radius 2 is 1.60 bits per heavy atom. The molecule has 1 aliphatic rings. The van der Waals surface area contributed by atoms with Gasteiger partial charge in [0.05, 0.1) is 11.7 Å². The Balaban J connectivity index is 1.82. The maximum atomic E-state index is 12.8. The van der Waals surface area contributed by atoms with E-state index in [1.807, 2.05) is 89.4 Å². The van der Waals surface area contributed by atoms with Gasteiger partial charge in [0.15, 0.2) is 5.13 Å². The Bertz CT molecular complexity index is 1220. The molecule has 6 nitrogen and oxygen atoms in total. The van der Waals surface area contributed by atoms with E-state index in [0.29, 0.717) is 5.13 Å². The van der Waals surface area contributed by atoms with Crippen molar-refractivity contribution in [2.75, 3.05) is 5.32 Å².